The number of hydrogen-bond acceptors (Lipinski definition) is 2. The largest absolute Gasteiger partial charge is 0.356 e. The summed E-state index contributed by atoms with van der Waals surface area (Å²) in [7, 11) is 1.83. The minimum atomic E-state index is 0.392. The Balaban J connectivity index is 2.34. The lowest BCUT2D eigenvalue weighted by molar-refractivity contribution is 0.567. The third-order valence-electron chi connectivity index (χ3n) is 2.92. The number of rotatable bonds is 6. The number of guanidine groups is 1. The fourth-order valence-electron chi connectivity index (χ4n) is 1.85. The summed E-state index contributed by atoms with van der Waals surface area (Å²) >= 11 is 1.87. The van der Waals surface area contributed by atoms with Gasteiger partial charge in [-0.3, -0.25) is 4.99 Å². The van der Waals surface area contributed by atoms with Crippen LogP contribution < -0.4 is 10.6 Å². The molecule has 0 amide bonds. The van der Waals surface area contributed by atoms with Crippen molar-refractivity contribution in [3.63, 3.8) is 0 Å². The van der Waals surface area contributed by atoms with Gasteiger partial charge in [0.2, 0.25) is 0 Å². The molecule has 0 bridgehead atoms. The topological polar surface area (TPSA) is 36.4 Å². The van der Waals surface area contributed by atoms with E-state index in [9.17, 15) is 0 Å². The molecular weight excluding hydrogens is 254 g/mol. The Labute approximate surface area is 121 Å². The Bertz CT molecular complexity index is 396. The van der Waals surface area contributed by atoms with Gasteiger partial charge in [0.05, 0.1) is 0 Å². The van der Waals surface area contributed by atoms with Gasteiger partial charge in [-0.25, -0.2) is 0 Å². The first-order valence-corrected chi connectivity index (χ1v) is 7.85. The number of aliphatic imine (C=N–C) groups is 1. The second-order valence-corrected chi connectivity index (χ2v) is 6.82. The van der Waals surface area contributed by atoms with E-state index in [1.165, 1.54) is 16.2 Å². The van der Waals surface area contributed by atoms with Crippen LogP contribution in [0.2, 0.25) is 0 Å². The molecule has 2 N–H and O–H groups in total. The van der Waals surface area contributed by atoms with Crippen LogP contribution in [0.5, 0.6) is 0 Å². The van der Waals surface area contributed by atoms with E-state index in [0.717, 1.165) is 24.8 Å². The molecule has 1 aromatic rings. The van der Waals surface area contributed by atoms with Gasteiger partial charge in [-0.15, -0.1) is 11.3 Å². The van der Waals surface area contributed by atoms with Gasteiger partial charge < -0.3 is 10.6 Å². The van der Waals surface area contributed by atoms with Crippen molar-refractivity contribution in [2.24, 2.45) is 10.9 Å². The first kappa shape index (κ1) is 16.0. The van der Waals surface area contributed by atoms with Gasteiger partial charge in [-0.05, 0) is 38.3 Å². The van der Waals surface area contributed by atoms with Crippen molar-refractivity contribution in [3.05, 3.63) is 21.9 Å². The maximum absolute atomic E-state index is 4.27. The fraction of sp³-hybridized carbons (Fsp3) is 0.667. The SMILES string of the molecule is CN=C(NCCC(C)C)NC(C)Cc1ccc(C)s1. The Morgan fingerprint density at radius 1 is 1.32 bits per heavy atom. The van der Waals surface area contributed by atoms with Crippen LogP contribution in [0.15, 0.2) is 17.1 Å². The molecule has 0 saturated heterocycles. The third-order valence-corrected chi connectivity index (χ3v) is 3.95. The van der Waals surface area contributed by atoms with E-state index in [-0.39, 0.29) is 0 Å². The summed E-state index contributed by atoms with van der Waals surface area (Å²) in [5.41, 5.74) is 0. The van der Waals surface area contributed by atoms with Crippen LogP contribution in [0.3, 0.4) is 0 Å². The highest BCUT2D eigenvalue weighted by molar-refractivity contribution is 7.11. The molecule has 19 heavy (non-hydrogen) atoms. The van der Waals surface area contributed by atoms with Crippen molar-refractivity contribution in [2.75, 3.05) is 13.6 Å². The van der Waals surface area contributed by atoms with Crippen molar-refractivity contribution in [1.29, 1.82) is 0 Å². The second kappa shape index (κ2) is 8.20. The Hall–Kier alpha value is -1.03. The van der Waals surface area contributed by atoms with E-state index in [1.807, 2.05) is 18.4 Å². The summed E-state index contributed by atoms with van der Waals surface area (Å²) < 4.78 is 0. The van der Waals surface area contributed by atoms with Crippen molar-refractivity contribution < 1.29 is 0 Å². The molecule has 0 aromatic carbocycles. The van der Waals surface area contributed by atoms with Crippen LogP contribution in [0.25, 0.3) is 0 Å². The van der Waals surface area contributed by atoms with E-state index in [4.69, 9.17) is 0 Å². The monoisotopic (exact) mass is 281 g/mol. The smallest absolute Gasteiger partial charge is 0.191 e. The molecule has 4 heteroatoms. The van der Waals surface area contributed by atoms with Crippen LogP contribution in [-0.4, -0.2) is 25.6 Å². The van der Waals surface area contributed by atoms with Crippen LogP contribution in [0, 0.1) is 12.8 Å². The molecule has 1 aromatic heterocycles. The molecule has 108 valence electrons. The van der Waals surface area contributed by atoms with E-state index in [1.54, 1.807) is 0 Å². The molecule has 1 atom stereocenters. The Morgan fingerprint density at radius 2 is 2.05 bits per heavy atom. The van der Waals surface area contributed by atoms with Crippen molar-refractivity contribution in [1.82, 2.24) is 10.6 Å². The van der Waals surface area contributed by atoms with Gasteiger partial charge in [0, 0.05) is 35.8 Å². The molecule has 0 saturated carbocycles. The number of hydrogen-bond donors (Lipinski definition) is 2. The van der Waals surface area contributed by atoms with Crippen LogP contribution in [0.1, 0.15) is 36.9 Å². The highest BCUT2D eigenvalue weighted by Crippen LogP contribution is 2.16. The van der Waals surface area contributed by atoms with E-state index < -0.39 is 0 Å². The van der Waals surface area contributed by atoms with Gasteiger partial charge >= 0.3 is 0 Å². The lowest BCUT2D eigenvalue weighted by Crippen LogP contribution is -2.43. The maximum Gasteiger partial charge on any atom is 0.191 e. The van der Waals surface area contributed by atoms with Crippen molar-refractivity contribution in [3.8, 4) is 0 Å². The van der Waals surface area contributed by atoms with E-state index in [0.29, 0.717) is 6.04 Å². The molecule has 0 radical (unpaired) electrons. The zero-order valence-electron chi connectivity index (χ0n) is 12.8. The summed E-state index contributed by atoms with van der Waals surface area (Å²) in [6.07, 6.45) is 2.21. The van der Waals surface area contributed by atoms with Gasteiger partial charge in [0.25, 0.3) is 0 Å². The summed E-state index contributed by atoms with van der Waals surface area (Å²) in [5, 5.41) is 6.81. The minimum Gasteiger partial charge on any atom is -0.356 e. The van der Waals surface area contributed by atoms with Gasteiger partial charge in [-0.1, -0.05) is 13.8 Å². The first-order chi connectivity index (χ1) is 9.01. The Morgan fingerprint density at radius 3 is 2.58 bits per heavy atom. The number of nitrogens with zero attached hydrogens (tertiary/aromatic N) is 1. The fourth-order valence-corrected chi connectivity index (χ4v) is 2.87. The van der Waals surface area contributed by atoms with Gasteiger partial charge in [-0.2, -0.15) is 0 Å². The standard InChI is InChI=1S/C15H27N3S/c1-11(2)8-9-17-15(16-5)18-12(3)10-14-7-6-13(4)19-14/h6-7,11-12H,8-10H2,1-5H3,(H2,16,17,18). The molecule has 0 aliphatic rings. The van der Waals surface area contributed by atoms with Crippen LogP contribution >= 0.6 is 11.3 Å². The normalized spacial score (nSPS) is 13.7. The molecule has 1 unspecified atom stereocenters. The minimum absolute atomic E-state index is 0.392. The third kappa shape index (κ3) is 6.62. The zero-order valence-corrected chi connectivity index (χ0v) is 13.6. The number of nitrogens with one attached hydrogen (secondary N) is 2. The molecule has 0 aliphatic heterocycles. The van der Waals surface area contributed by atoms with Crippen molar-refractivity contribution >= 4 is 17.3 Å². The maximum atomic E-state index is 4.27. The van der Waals surface area contributed by atoms with Gasteiger partial charge in [0.15, 0.2) is 5.96 Å². The van der Waals surface area contributed by atoms with E-state index >= 15 is 0 Å². The highest BCUT2D eigenvalue weighted by Gasteiger charge is 2.07. The molecular formula is C15H27N3S. The molecule has 0 fully saturated rings. The summed E-state index contributed by atoms with van der Waals surface area (Å²) in [5.74, 6) is 1.62. The second-order valence-electron chi connectivity index (χ2n) is 5.44. The molecule has 0 aliphatic carbocycles. The zero-order chi connectivity index (χ0) is 14.3. The Kier molecular flexibility index (Phi) is 6.92. The summed E-state index contributed by atoms with van der Waals surface area (Å²) in [6, 6.07) is 4.79. The lowest BCUT2D eigenvalue weighted by Gasteiger charge is -2.17. The molecule has 1 heterocycles. The first-order valence-electron chi connectivity index (χ1n) is 7.03. The average molecular weight is 281 g/mol. The number of thiophene rings is 1. The molecule has 1 rings (SSSR count). The van der Waals surface area contributed by atoms with Gasteiger partial charge in [0.1, 0.15) is 0 Å². The average Bonchev–Trinajstić information content (AvgIpc) is 2.72. The summed E-state index contributed by atoms with van der Waals surface area (Å²) in [4.78, 5) is 7.07. The quantitative estimate of drug-likeness (QED) is 0.620. The van der Waals surface area contributed by atoms with Crippen LogP contribution in [-0.2, 0) is 6.42 Å². The summed E-state index contributed by atoms with van der Waals surface area (Å²) in [6.45, 7) is 9.80. The lowest BCUT2D eigenvalue weighted by atomic mass is 10.1. The predicted molar refractivity (Wildman–Crippen MR) is 86.2 cm³/mol. The van der Waals surface area contributed by atoms with Crippen molar-refractivity contribution in [2.45, 2.75) is 46.6 Å². The van der Waals surface area contributed by atoms with Crippen LogP contribution in [0.4, 0.5) is 0 Å². The van der Waals surface area contributed by atoms with E-state index in [2.05, 4.69) is 55.5 Å². The molecule has 3 nitrogen and oxygen atoms in total. The molecule has 0 spiro atoms. The predicted octanol–water partition coefficient (Wildman–Crippen LogP) is 3.20. The highest BCUT2D eigenvalue weighted by atomic mass is 32.1. The number of aryl methyl sites for hydroxylation is 1.